The highest BCUT2D eigenvalue weighted by Gasteiger charge is 2.40. The van der Waals surface area contributed by atoms with E-state index in [1.54, 1.807) is 18.3 Å². The van der Waals surface area contributed by atoms with E-state index >= 15 is 0 Å². The first-order valence-electron chi connectivity index (χ1n) is 8.03. The smallest absolute Gasteiger partial charge is 0.245 e. The van der Waals surface area contributed by atoms with Gasteiger partial charge in [0.1, 0.15) is 5.54 Å². The Hall–Kier alpha value is -1.44. The number of amides is 2. The molecule has 6 nitrogen and oxygen atoms in total. The molecule has 7 heteroatoms. The number of carbonyl (C=O) groups is 2. The number of nitrogens with one attached hydrogen (secondary N) is 2. The van der Waals surface area contributed by atoms with Gasteiger partial charge in [-0.25, -0.2) is 0 Å². The lowest BCUT2D eigenvalue weighted by Gasteiger charge is -2.34. The van der Waals surface area contributed by atoms with Gasteiger partial charge in [0, 0.05) is 30.9 Å². The minimum absolute atomic E-state index is 0.0503. The van der Waals surface area contributed by atoms with Gasteiger partial charge < -0.3 is 15.4 Å². The van der Waals surface area contributed by atoms with Gasteiger partial charge in [-0.15, -0.1) is 11.3 Å². The van der Waals surface area contributed by atoms with E-state index in [-0.39, 0.29) is 17.9 Å². The summed E-state index contributed by atoms with van der Waals surface area (Å²) >= 11 is 1.70. The van der Waals surface area contributed by atoms with Crippen molar-refractivity contribution in [2.75, 3.05) is 32.8 Å². The summed E-state index contributed by atoms with van der Waals surface area (Å²) in [4.78, 5) is 27.5. The molecule has 0 saturated carbocycles. The third kappa shape index (κ3) is 3.73. The second-order valence-corrected chi connectivity index (χ2v) is 7.25. The molecule has 2 N–H and O–H groups in total. The monoisotopic (exact) mass is 337 g/mol. The predicted octanol–water partition coefficient (Wildman–Crippen LogP) is 0.906. The largest absolute Gasteiger partial charge is 0.379 e. The van der Waals surface area contributed by atoms with Gasteiger partial charge in [-0.3, -0.25) is 14.5 Å². The van der Waals surface area contributed by atoms with Crippen molar-refractivity contribution in [1.29, 1.82) is 0 Å². The zero-order valence-electron chi connectivity index (χ0n) is 13.3. The van der Waals surface area contributed by atoms with Crippen molar-refractivity contribution < 1.29 is 14.3 Å². The molecule has 23 heavy (non-hydrogen) atoms. The zero-order valence-corrected chi connectivity index (χ0v) is 14.2. The summed E-state index contributed by atoms with van der Waals surface area (Å²) in [6, 6.07) is 4.30. The summed E-state index contributed by atoms with van der Waals surface area (Å²) < 4.78 is 5.43. The van der Waals surface area contributed by atoms with Gasteiger partial charge in [-0.05, 0) is 24.8 Å². The lowest BCUT2D eigenvalue weighted by molar-refractivity contribution is -0.129. The molecule has 0 bridgehead atoms. The van der Waals surface area contributed by atoms with Crippen LogP contribution in [0, 0.1) is 0 Å². The van der Waals surface area contributed by atoms with Gasteiger partial charge in [-0.2, -0.15) is 0 Å². The highest BCUT2D eigenvalue weighted by atomic mass is 32.1. The van der Waals surface area contributed by atoms with Crippen molar-refractivity contribution in [2.45, 2.75) is 31.3 Å². The van der Waals surface area contributed by atoms with Crippen molar-refractivity contribution in [3.8, 4) is 0 Å². The lowest BCUT2D eigenvalue weighted by atomic mass is 9.99. The quantitative estimate of drug-likeness (QED) is 0.838. The fourth-order valence-electron chi connectivity index (χ4n) is 3.13. The molecule has 1 aromatic heterocycles. The topological polar surface area (TPSA) is 70.7 Å². The van der Waals surface area contributed by atoms with Gasteiger partial charge in [-0.1, -0.05) is 6.07 Å². The first-order valence-corrected chi connectivity index (χ1v) is 8.91. The van der Waals surface area contributed by atoms with Crippen molar-refractivity contribution in [2.24, 2.45) is 0 Å². The molecule has 2 fully saturated rings. The second kappa shape index (κ2) is 6.98. The Kier molecular flexibility index (Phi) is 4.99. The molecule has 2 saturated heterocycles. The Morgan fingerprint density at radius 3 is 2.91 bits per heavy atom. The van der Waals surface area contributed by atoms with Crippen LogP contribution in [0.3, 0.4) is 0 Å². The van der Waals surface area contributed by atoms with Crippen LogP contribution >= 0.6 is 11.3 Å². The molecular weight excluding hydrogens is 314 g/mol. The fourth-order valence-corrected chi connectivity index (χ4v) is 3.99. The number of thiophene rings is 1. The molecule has 126 valence electrons. The van der Waals surface area contributed by atoms with E-state index in [1.165, 1.54) is 4.88 Å². The summed E-state index contributed by atoms with van der Waals surface area (Å²) in [7, 11) is 0. The molecule has 1 aromatic rings. The van der Waals surface area contributed by atoms with Crippen LogP contribution in [0.1, 0.15) is 30.7 Å². The molecule has 0 spiro atoms. The molecular formula is C16H23N3O3S. The Labute approximate surface area is 140 Å². The third-order valence-corrected chi connectivity index (χ3v) is 5.56. The number of rotatable bonds is 5. The van der Waals surface area contributed by atoms with E-state index in [1.807, 2.05) is 6.07 Å². The second-order valence-electron chi connectivity index (χ2n) is 6.27. The van der Waals surface area contributed by atoms with Crippen LogP contribution in [0.2, 0.25) is 0 Å². The highest BCUT2D eigenvalue weighted by molar-refractivity contribution is 7.10. The van der Waals surface area contributed by atoms with Crippen molar-refractivity contribution in [3.05, 3.63) is 22.4 Å². The van der Waals surface area contributed by atoms with Gasteiger partial charge in [0.25, 0.3) is 0 Å². The number of morpholine rings is 1. The maximum Gasteiger partial charge on any atom is 0.245 e. The summed E-state index contributed by atoms with van der Waals surface area (Å²) in [5.41, 5.74) is -0.776. The normalized spacial score (nSPS) is 26.7. The van der Waals surface area contributed by atoms with E-state index in [4.69, 9.17) is 4.74 Å². The summed E-state index contributed by atoms with van der Waals surface area (Å²) in [6.45, 7) is 5.53. The summed E-state index contributed by atoms with van der Waals surface area (Å²) in [6.07, 6.45) is 0.973. The average Bonchev–Trinajstić information content (AvgIpc) is 3.19. The molecule has 3 rings (SSSR count). The number of ether oxygens (including phenoxy) is 1. The van der Waals surface area contributed by atoms with Gasteiger partial charge in [0.2, 0.25) is 11.8 Å². The molecule has 2 aliphatic heterocycles. The molecule has 2 amide bonds. The average molecular weight is 337 g/mol. The maximum atomic E-state index is 12.5. The van der Waals surface area contributed by atoms with Crippen LogP contribution in [0.4, 0.5) is 0 Å². The van der Waals surface area contributed by atoms with Crippen LogP contribution in [-0.2, 0) is 14.3 Å². The van der Waals surface area contributed by atoms with Crippen LogP contribution in [-0.4, -0.2) is 55.1 Å². The maximum absolute atomic E-state index is 12.5. The predicted molar refractivity (Wildman–Crippen MR) is 88.2 cm³/mol. The summed E-state index contributed by atoms with van der Waals surface area (Å²) in [5.74, 6) is -0.149. The molecule has 2 unspecified atom stereocenters. The first kappa shape index (κ1) is 16.4. The fraction of sp³-hybridized carbons (Fsp3) is 0.625. The van der Waals surface area contributed by atoms with Crippen LogP contribution < -0.4 is 10.6 Å². The van der Waals surface area contributed by atoms with Crippen molar-refractivity contribution in [1.82, 2.24) is 15.5 Å². The lowest BCUT2D eigenvalue weighted by Crippen LogP contribution is -2.54. The van der Waals surface area contributed by atoms with Gasteiger partial charge in [0.05, 0.1) is 19.3 Å². The van der Waals surface area contributed by atoms with Crippen LogP contribution in [0.5, 0.6) is 0 Å². The van der Waals surface area contributed by atoms with E-state index in [0.717, 1.165) is 26.3 Å². The number of nitrogens with zero attached hydrogens (tertiary/aromatic N) is 1. The van der Waals surface area contributed by atoms with Crippen molar-refractivity contribution >= 4 is 23.2 Å². The number of hydrogen-bond acceptors (Lipinski definition) is 5. The van der Waals surface area contributed by atoms with E-state index in [9.17, 15) is 9.59 Å². The van der Waals surface area contributed by atoms with Crippen LogP contribution in [0.15, 0.2) is 17.5 Å². The standard InChI is InChI=1S/C16H23N3O3S/c1-16(5-4-14(20)18-16)15(21)17-11-12(13-3-2-10-23-13)19-6-8-22-9-7-19/h2-3,10,12H,4-9,11H2,1H3,(H,17,21)(H,18,20). The summed E-state index contributed by atoms with van der Waals surface area (Å²) in [5, 5.41) is 7.89. The van der Waals surface area contributed by atoms with E-state index in [0.29, 0.717) is 19.4 Å². The van der Waals surface area contributed by atoms with Crippen LogP contribution in [0.25, 0.3) is 0 Å². The Balaban J connectivity index is 1.64. The molecule has 0 aromatic carbocycles. The molecule has 2 atom stereocenters. The van der Waals surface area contributed by atoms with Gasteiger partial charge >= 0.3 is 0 Å². The molecule has 0 radical (unpaired) electrons. The van der Waals surface area contributed by atoms with Gasteiger partial charge in [0.15, 0.2) is 0 Å². The minimum atomic E-state index is -0.776. The number of hydrogen-bond donors (Lipinski definition) is 2. The third-order valence-electron chi connectivity index (χ3n) is 4.58. The minimum Gasteiger partial charge on any atom is -0.379 e. The number of carbonyl (C=O) groups excluding carboxylic acids is 2. The first-order chi connectivity index (χ1) is 11.1. The van der Waals surface area contributed by atoms with E-state index < -0.39 is 5.54 Å². The Morgan fingerprint density at radius 2 is 2.30 bits per heavy atom. The Bertz CT molecular complexity index is 557. The molecule has 2 aliphatic rings. The zero-order chi connectivity index (χ0) is 16.3. The van der Waals surface area contributed by atoms with Crippen molar-refractivity contribution in [3.63, 3.8) is 0 Å². The molecule has 0 aliphatic carbocycles. The van der Waals surface area contributed by atoms with E-state index in [2.05, 4.69) is 27.0 Å². The highest BCUT2D eigenvalue weighted by Crippen LogP contribution is 2.26. The molecule has 3 heterocycles. The SMILES string of the molecule is CC1(C(=O)NCC(c2cccs2)N2CCOCC2)CCC(=O)N1. The Morgan fingerprint density at radius 1 is 1.52 bits per heavy atom.